The molecule has 2 aromatic rings. The van der Waals surface area contributed by atoms with Crippen molar-refractivity contribution < 1.29 is 27.6 Å². The first-order chi connectivity index (χ1) is 13.6. The summed E-state index contributed by atoms with van der Waals surface area (Å²) in [5.74, 6) is -0.382. The topological polar surface area (TPSA) is 128 Å². The van der Waals surface area contributed by atoms with Crippen LogP contribution < -0.4 is 19.1 Å². The van der Waals surface area contributed by atoms with Gasteiger partial charge in [0, 0.05) is 17.2 Å². The number of anilines is 2. The van der Waals surface area contributed by atoms with Crippen LogP contribution in [0.1, 0.15) is 0 Å². The number of nitro benzene ring substituents is 1. The second kappa shape index (κ2) is 8.97. The molecule has 0 aliphatic heterocycles. The Morgan fingerprint density at radius 2 is 1.79 bits per heavy atom. The summed E-state index contributed by atoms with van der Waals surface area (Å²) >= 11 is 5.96. The van der Waals surface area contributed by atoms with Gasteiger partial charge in [0.2, 0.25) is 15.9 Å². The summed E-state index contributed by atoms with van der Waals surface area (Å²) in [4.78, 5) is 22.9. The molecule has 0 bridgehead atoms. The fraction of sp³-hybridized carbons (Fsp3) is 0.235. The molecule has 0 aliphatic rings. The number of nitrogens with zero attached hydrogens (tertiary/aromatic N) is 2. The number of methoxy groups -OCH3 is 2. The van der Waals surface area contributed by atoms with Crippen molar-refractivity contribution in [3.8, 4) is 11.5 Å². The molecule has 0 fully saturated rings. The van der Waals surface area contributed by atoms with Gasteiger partial charge >= 0.3 is 0 Å². The number of sulfonamides is 1. The molecule has 0 unspecified atom stereocenters. The summed E-state index contributed by atoms with van der Waals surface area (Å²) in [6.45, 7) is -0.624. The second-order valence-electron chi connectivity index (χ2n) is 5.78. The third kappa shape index (κ3) is 5.48. The Hall–Kier alpha value is -3.05. The molecule has 0 saturated carbocycles. The van der Waals surface area contributed by atoms with E-state index in [1.807, 2.05) is 0 Å². The van der Waals surface area contributed by atoms with E-state index in [9.17, 15) is 23.3 Å². The molecule has 0 aliphatic carbocycles. The molecular formula is C17H18ClN3O7S. The van der Waals surface area contributed by atoms with Gasteiger partial charge in [0.1, 0.15) is 18.0 Å². The van der Waals surface area contributed by atoms with E-state index in [1.54, 1.807) is 0 Å². The van der Waals surface area contributed by atoms with Gasteiger partial charge in [0.15, 0.2) is 0 Å². The summed E-state index contributed by atoms with van der Waals surface area (Å²) in [6, 6.07) is 7.98. The molecule has 0 saturated heterocycles. The molecule has 0 atom stereocenters. The molecule has 10 nitrogen and oxygen atoms in total. The van der Waals surface area contributed by atoms with Crippen LogP contribution in [0.3, 0.4) is 0 Å². The lowest BCUT2D eigenvalue weighted by Gasteiger charge is -2.24. The first-order valence-corrected chi connectivity index (χ1v) is 10.2. The first-order valence-electron chi connectivity index (χ1n) is 8.00. The Labute approximate surface area is 172 Å². The number of benzene rings is 2. The fourth-order valence-electron chi connectivity index (χ4n) is 2.47. The number of hydrogen-bond acceptors (Lipinski definition) is 7. The minimum absolute atomic E-state index is 0.0261. The monoisotopic (exact) mass is 443 g/mol. The van der Waals surface area contributed by atoms with E-state index >= 15 is 0 Å². The van der Waals surface area contributed by atoms with Crippen LogP contribution in [0.15, 0.2) is 36.4 Å². The van der Waals surface area contributed by atoms with E-state index < -0.39 is 27.4 Å². The quantitative estimate of drug-likeness (QED) is 0.490. The lowest BCUT2D eigenvalue weighted by Crippen LogP contribution is -2.37. The number of hydrogen-bond donors (Lipinski definition) is 1. The number of non-ortho nitro benzene ring substituents is 1. The maximum absolute atomic E-state index is 12.6. The largest absolute Gasteiger partial charge is 0.495 e. The predicted molar refractivity (Wildman–Crippen MR) is 108 cm³/mol. The van der Waals surface area contributed by atoms with Crippen molar-refractivity contribution in [3.05, 3.63) is 51.5 Å². The molecule has 0 spiro atoms. The smallest absolute Gasteiger partial charge is 0.271 e. The van der Waals surface area contributed by atoms with E-state index in [1.165, 1.54) is 44.6 Å². The number of carbonyl (C=O) groups is 1. The molecule has 1 amide bonds. The van der Waals surface area contributed by atoms with Crippen LogP contribution in [0.4, 0.5) is 17.1 Å². The molecule has 0 radical (unpaired) electrons. The van der Waals surface area contributed by atoms with Crippen molar-refractivity contribution in [2.45, 2.75) is 0 Å². The van der Waals surface area contributed by atoms with Crippen molar-refractivity contribution in [3.63, 3.8) is 0 Å². The van der Waals surface area contributed by atoms with E-state index in [0.717, 1.165) is 16.6 Å². The summed E-state index contributed by atoms with van der Waals surface area (Å²) in [5, 5.41) is 13.7. The van der Waals surface area contributed by atoms with Gasteiger partial charge in [-0.05, 0) is 24.3 Å². The van der Waals surface area contributed by atoms with E-state index in [0.29, 0.717) is 0 Å². The summed E-state index contributed by atoms with van der Waals surface area (Å²) in [5.41, 5.74) is -0.167. The van der Waals surface area contributed by atoms with Crippen molar-refractivity contribution in [2.24, 2.45) is 0 Å². The molecule has 29 heavy (non-hydrogen) atoms. The fourth-order valence-corrected chi connectivity index (χ4v) is 3.48. The molecule has 12 heteroatoms. The maximum Gasteiger partial charge on any atom is 0.271 e. The number of carbonyl (C=O) groups excluding carboxylic acids is 1. The Morgan fingerprint density at radius 3 is 2.34 bits per heavy atom. The van der Waals surface area contributed by atoms with Crippen LogP contribution in [0.5, 0.6) is 11.5 Å². The highest BCUT2D eigenvalue weighted by Crippen LogP contribution is 2.33. The van der Waals surface area contributed by atoms with Gasteiger partial charge < -0.3 is 14.8 Å². The molecule has 0 heterocycles. The van der Waals surface area contributed by atoms with Gasteiger partial charge in [-0.3, -0.25) is 19.2 Å². The maximum atomic E-state index is 12.6. The normalized spacial score (nSPS) is 10.9. The first kappa shape index (κ1) is 22.2. The molecule has 0 aromatic heterocycles. The van der Waals surface area contributed by atoms with E-state index in [4.69, 9.17) is 21.1 Å². The average molecular weight is 444 g/mol. The number of ether oxygens (including phenoxy) is 2. The van der Waals surface area contributed by atoms with Crippen LogP contribution in [0.2, 0.25) is 5.02 Å². The van der Waals surface area contributed by atoms with Gasteiger partial charge in [-0.2, -0.15) is 0 Å². The highest BCUT2D eigenvalue weighted by molar-refractivity contribution is 7.92. The van der Waals surface area contributed by atoms with Gasteiger partial charge in [-0.15, -0.1) is 0 Å². The van der Waals surface area contributed by atoms with Crippen LogP contribution in [0, 0.1) is 10.1 Å². The zero-order chi connectivity index (χ0) is 21.8. The van der Waals surface area contributed by atoms with Gasteiger partial charge in [-0.1, -0.05) is 11.6 Å². The lowest BCUT2D eigenvalue weighted by molar-refractivity contribution is -0.384. The standard InChI is InChI=1S/C17H18ClN3O7S/c1-27-15-7-5-12(21(23)24)9-13(15)19-17(22)10-20(29(3,25)26)14-8-11(18)4-6-16(14)28-2/h4-9H,10H2,1-3H3,(H,19,22). The number of nitrogens with one attached hydrogen (secondary N) is 1. The Kier molecular flexibility index (Phi) is 6.88. The molecule has 2 rings (SSSR count). The zero-order valence-corrected chi connectivity index (χ0v) is 17.3. The Bertz CT molecular complexity index is 1040. The van der Waals surface area contributed by atoms with Crippen LogP contribution in [-0.2, 0) is 14.8 Å². The number of nitro groups is 1. The lowest BCUT2D eigenvalue weighted by atomic mass is 10.2. The predicted octanol–water partition coefficient (Wildman–Crippen LogP) is 2.67. The SMILES string of the molecule is COc1ccc([N+](=O)[O-])cc1NC(=O)CN(c1cc(Cl)ccc1OC)S(C)(=O)=O. The highest BCUT2D eigenvalue weighted by atomic mass is 35.5. The summed E-state index contributed by atoms with van der Waals surface area (Å²) in [7, 11) is -1.22. The van der Waals surface area contributed by atoms with E-state index in [2.05, 4.69) is 5.32 Å². The third-order valence-electron chi connectivity index (χ3n) is 3.77. The molecule has 2 aromatic carbocycles. The van der Waals surface area contributed by atoms with Crippen LogP contribution in [-0.4, -0.2) is 46.3 Å². The third-order valence-corrected chi connectivity index (χ3v) is 5.13. The minimum Gasteiger partial charge on any atom is -0.495 e. The second-order valence-corrected chi connectivity index (χ2v) is 8.12. The van der Waals surface area contributed by atoms with Gasteiger partial charge in [-0.25, -0.2) is 8.42 Å². The molecular weight excluding hydrogens is 426 g/mol. The van der Waals surface area contributed by atoms with E-state index in [-0.39, 0.29) is 33.6 Å². The number of rotatable bonds is 8. The Morgan fingerprint density at radius 1 is 1.17 bits per heavy atom. The number of halogens is 1. The molecule has 1 N–H and O–H groups in total. The van der Waals surface area contributed by atoms with Crippen molar-refractivity contribution >= 4 is 44.6 Å². The average Bonchev–Trinajstić information content (AvgIpc) is 2.65. The highest BCUT2D eigenvalue weighted by Gasteiger charge is 2.25. The molecule has 156 valence electrons. The van der Waals surface area contributed by atoms with Gasteiger partial charge in [0.25, 0.3) is 5.69 Å². The van der Waals surface area contributed by atoms with Gasteiger partial charge in [0.05, 0.1) is 36.8 Å². The van der Waals surface area contributed by atoms with Crippen molar-refractivity contribution in [2.75, 3.05) is 36.6 Å². The summed E-state index contributed by atoms with van der Waals surface area (Å²) in [6.07, 6.45) is 0.925. The van der Waals surface area contributed by atoms with Crippen molar-refractivity contribution in [1.82, 2.24) is 0 Å². The zero-order valence-electron chi connectivity index (χ0n) is 15.7. The summed E-state index contributed by atoms with van der Waals surface area (Å²) < 4.78 is 35.7. The minimum atomic E-state index is -3.90. The van der Waals surface area contributed by atoms with Crippen LogP contribution >= 0.6 is 11.6 Å². The van der Waals surface area contributed by atoms with Crippen LogP contribution in [0.25, 0.3) is 0 Å². The number of amides is 1. The Balaban J connectivity index is 2.37. The van der Waals surface area contributed by atoms with Crippen molar-refractivity contribution in [1.29, 1.82) is 0 Å².